The summed E-state index contributed by atoms with van der Waals surface area (Å²) < 4.78 is 9.86. The van der Waals surface area contributed by atoms with Crippen LogP contribution in [0.1, 0.15) is 63.0 Å². The number of hydrogen-bond donors (Lipinski definition) is 0. The van der Waals surface area contributed by atoms with Gasteiger partial charge in [-0.3, -0.25) is 0 Å². The molecule has 0 spiro atoms. The molecule has 0 heterocycles. The van der Waals surface area contributed by atoms with Gasteiger partial charge in [0.2, 0.25) is 0 Å². The fraction of sp³-hybridized carbons (Fsp3) is 0.478. The van der Waals surface area contributed by atoms with Gasteiger partial charge >= 0.3 is 11.9 Å². The average molecular weight is 370 g/mol. The lowest BCUT2D eigenvalue weighted by molar-refractivity contribution is -0.146. The maximum atomic E-state index is 11.7. The summed E-state index contributed by atoms with van der Waals surface area (Å²) in [6.07, 6.45) is 9.63. The lowest BCUT2D eigenvalue weighted by Gasteiger charge is -2.28. The van der Waals surface area contributed by atoms with Crippen LogP contribution in [0.5, 0.6) is 0 Å². The summed E-state index contributed by atoms with van der Waals surface area (Å²) in [4.78, 5) is 22.9. The van der Waals surface area contributed by atoms with Crippen molar-refractivity contribution in [2.75, 3.05) is 13.2 Å². The van der Waals surface area contributed by atoms with Gasteiger partial charge in [0.25, 0.3) is 0 Å². The molecule has 1 saturated carbocycles. The van der Waals surface area contributed by atoms with Crippen LogP contribution in [0, 0.1) is 5.92 Å². The highest BCUT2D eigenvalue weighted by atomic mass is 16.6. The molecule has 1 fully saturated rings. The van der Waals surface area contributed by atoms with Crippen LogP contribution in [0.15, 0.2) is 42.5 Å². The normalized spacial score (nSPS) is 19.6. The van der Waals surface area contributed by atoms with E-state index in [0.29, 0.717) is 11.5 Å². The number of benzene rings is 1. The van der Waals surface area contributed by atoms with Gasteiger partial charge in [-0.15, -0.1) is 0 Å². The zero-order valence-electron chi connectivity index (χ0n) is 16.4. The van der Waals surface area contributed by atoms with Crippen molar-refractivity contribution in [1.29, 1.82) is 0 Å². The first-order valence-electron chi connectivity index (χ1n) is 9.77. The molecule has 4 nitrogen and oxygen atoms in total. The maximum Gasteiger partial charge on any atom is 0.333 e. The van der Waals surface area contributed by atoms with Crippen molar-refractivity contribution in [3.8, 4) is 0 Å². The fourth-order valence-corrected chi connectivity index (χ4v) is 3.40. The van der Waals surface area contributed by atoms with Crippen LogP contribution in [0.3, 0.4) is 0 Å². The van der Waals surface area contributed by atoms with Crippen molar-refractivity contribution < 1.29 is 19.1 Å². The van der Waals surface area contributed by atoms with E-state index in [4.69, 9.17) is 9.47 Å². The Hall–Kier alpha value is -2.36. The standard InChI is InChI=1S/C23H30O4/c1-4-18-5-10-20(11-6-18)21-12-7-19(8-13-21)9-14-22(24)26-15-16-27-23(25)17(2)3/h7-9,12-14,18,20H,2,4-6,10-11,15-16H2,1,3H3/b14-9+. The third kappa shape index (κ3) is 7.05. The van der Waals surface area contributed by atoms with Crippen LogP contribution >= 0.6 is 0 Å². The summed E-state index contributed by atoms with van der Waals surface area (Å²) in [5, 5.41) is 0. The van der Waals surface area contributed by atoms with Gasteiger partial charge in [-0.05, 0) is 61.6 Å². The van der Waals surface area contributed by atoms with Crippen LogP contribution in [0.25, 0.3) is 6.08 Å². The van der Waals surface area contributed by atoms with Crippen LogP contribution in [0.4, 0.5) is 0 Å². The van der Waals surface area contributed by atoms with Crippen molar-refractivity contribution in [2.24, 2.45) is 5.92 Å². The van der Waals surface area contributed by atoms with Gasteiger partial charge in [-0.1, -0.05) is 44.2 Å². The lowest BCUT2D eigenvalue weighted by atomic mass is 9.78. The summed E-state index contributed by atoms with van der Waals surface area (Å²) in [6.45, 7) is 7.39. The van der Waals surface area contributed by atoms with Crippen molar-refractivity contribution in [1.82, 2.24) is 0 Å². The van der Waals surface area contributed by atoms with Gasteiger partial charge in [0.1, 0.15) is 13.2 Å². The van der Waals surface area contributed by atoms with Crippen molar-refractivity contribution in [3.05, 3.63) is 53.6 Å². The van der Waals surface area contributed by atoms with Gasteiger partial charge < -0.3 is 9.47 Å². The zero-order valence-corrected chi connectivity index (χ0v) is 16.4. The summed E-state index contributed by atoms with van der Waals surface area (Å²) in [5.41, 5.74) is 2.68. The van der Waals surface area contributed by atoms with Crippen molar-refractivity contribution in [3.63, 3.8) is 0 Å². The highest BCUT2D eigenvalue weighted by molar-refractivity contribution is 5.87. The fourth-order valence-electron chi connectivity index (χ4n) is 3.40. The second kappa shape index (κ2) is 10.7. The molecule has 0 N–H and O–H groups in total. The molecule has 0 amide bonds. The predicted octanol–water partition coefficient (Wildman–Crippen LogP) is 5.05. The Kier molecular flexibility index (Phi) is 8.31. The third-order valence-corrected chi connectivity index (χ3v) is 5.15. The number of rotatable bonds is 8. The van der Waals surface area contributed by atoms with Crippen LogP contribution < -0.4 is 0 Å². The Labute approximate surface area is 162 Å². The van der Waals surface area contributed by atoms with Gasteiger partial charge in [-0.25, -0.2) is 9.59 Å². The molecular weight excluding hydrogens is 340 g/mol. The Balaban J connectivity index is 1.74. The number of ether oxygens (including phenoxy) is 2. The quantitative estimate of drug-likeness (QED) is 0.365. The molecule has 0 unspecified atom stereocenters. The highest BCUT2D eigenvalue weighted by Gasteiger charge is 2.20. The van der Waals surface area contributed by atoms with E-state index < -0.39 is 11.9 Å². The Morgan fingerprint density at radius 3 is 2.30 bits per heavy atom. The molecule has 4 heteroatoms. The van der Waals surface area contributed by atoms with E-state index in [1.165, 1.54) is 43.7 Å². The Morgan fingerprint density at radius 1 is 1.07 bits per heavy atom. The Morgan fingerprint density at radius 2 is 1.70 bits per heavy atom. The van der Waals surface area contributed by atoms with Crippen LogP contribution in [-0.2, 0) is 19.1 Å². The first-order chi connectivity index (χ1) is 13.0. The molecule has 0 saturated heterocycles. The number of carbonyl (C=O) groups excluding carboxylic acids is 2. The summed E-state index contributed by atoms with van der Waals surface area (Å²) in [6, 6.07) is 8.41. The monoisotopic (exact) mass is 370 g/mol. The second-order valence-electron chi connectivity index (χ2n) is 7.21. The van der Waals surface area contributed by atoms with E-state index in [1.807, 2.05) is 12.1 Å². The summed E-state index contributed by atoms with van der Waals surface area (Å²) in [7, 11) is 0. The minimum absolute atomic E-state index is 0.0280. The molecule has 2 rings (SSSR count). The molecule has 0 atom stereocenters. The molecule has 0 bridgehead atoms. The van der Waals surface area contributed by atoms with Crippen molar-refractivity contribution >= 4 is 18.0 Å². The molecule has 1 aliphatic rings. The maximum absolute atomic E-state index is 11.7. The molecule has 1 aromatic carbocycles. The molecule has 1 aromatic rings. The lowest BCUT2D eigenvalue weighted by Crippen LogP contribution is -2.13. The van der Waals surface area contributed by atoms with Gasteiger partial charge in [0, 0.05) is 11.6 Å². The molecular formula is C23H30O4. The van der Waals surface area contributed by atoms with E-state index in [-0.39, 0.29) is 13.2 Å². The Bertz CT molecular complexity index is 664. The number of hydrogen-bond acceptors (Lipinski definition) is 4. The molecule has 0 radical (unpaired) electrons. The second-order valence-corrected chi connectivity index (χ2v) is 7.21. The molecule has 27 heavy (non-hydrogen) atoms. The minimum Gasteiger partial charge on any atom is -0.459 e. The highest BCUT2D eigenvalue weighted by Crippen LogP contribution is 2.36. The molecule has 146 valence electrons. The third-order valence-electron chi connectivity index (χ3n) is 5.15. The first kappa shape index (κ1) is 20.9. The predicted molar refractivity (Wildman–Crippen MR) is 107 cm³/mol. The van der Waals surface area contributed by atoms with E-state index in [9.17, 15) is 9.59 Å². The smallest absolute Gasteiger partial charge is 0.333 e. The average Bonchev–Trinajstić information content (AvgIpc) is 2.70. The number of esters is 2. The zero-order chi connectivity index (χ0) is 19.6. The summed E-state index contributed by atoms with van der Waals surface area (Å²) >= 11 is 0. The molecule has 1 aliphatic carbocycles. The largest absolute Gasteiger partial charge is 0.459 e. The summed E-state index contributed by atoms with van der Waals surface area (Å²) in [5.74, 6) is 0.629. The number of carbonyl (C=O) groups is 2. The van der Waals surface area contributed by atoms with Gasteiger partial charge in [-0.2, -0.15) is 0 Å². The molecule has 0 aromatic heterocycles. The van der Waals surface area contributed by atoms with E-state index in [1.54, 1.807) is 13.0 Å². The first-order valence-corrected chi connectivity index (χ1v) is 9.77. The minimum atomic E-state index is -0.482. The van der Waals surface area contributed by atoms with Crippen molar-refractivity contribution in [2.45, 2.75) is 51.9 Å². The van der Waals surface area contributed by atoms with Crippen LogP contribution in [0.2, 0.25) is 0 Å². The van der Waals surface area contributed by atoms with E-state index >= 15 is 0 Å². The van der Waals surface area contributed by atoms with E-state index in [0.717, 1.165) is 11.5 Å². The topological polar surface area (TPSA) is 52.6 Å². The van der Waals surface area contributed by atoms with Crippen LogP contribution in [-0.4, -0.2) is 25.2 Å². The van der Waals surface area contributed by atoms with Gasteiger partial charge in [0.15, 0.2) is 0 Å². The van der Waals surface area contributed by atoms with E-state index in [2.05, 4.69) is 25.6 Å². The molecule has 0 aliphatic heterocycles. The SMILES string of the molecule is C=C(C)C(=O)OCCOC(=O)/C=C/c1ccc(C2CCC(CC)CC2)cc1. The van der Waals surface area contributed by atoms with Gasteiger partial charge in [0.05, 0.1) is 0 Å².